The Bertz CT molecular complexity index is 445. The number of furan rings is 1. The summed E-state index contributed by atoms with van der Waals surface area (Å²) in [5, 5.41) is 3.81. The highest BCUT2D eigenvalue weighted by Crippen LogP contribution is 2.27. The van der Waals surface area contributed by atoms with Crippen LogP contribution in [0.2, 0.25) is 0 Å². The first-order chi connectivity index (χ1) is 6.70. The maximum atomic E-state index is 5.63. The van der Waals surface area contributed by atoms with Crippen LogP contribution in [0.25, 0.3) is 11.3 Å². The third kappa shape index (κ3) is 1.55. The van der Waals surface area contributed by atoms with Crippen LogP contribution in [0.1, 0.15) is 17.2 Å². The van der Waals surface area contributed by atoms with Gasteiger partial charge in [-0.2, -0.15) is 0 Å². The number of aromatic nitrogens is 1. The van der Waals surface area contributed by atoms with Crippen LogP contribution >= 0.6 is 11.6 Å². The van der Waals surface area contributed by atoms with E-state index in [-0.39, 0.29) is 0 Å². The summed E-state index contributed by atoms with van der Waals surface area (Å²) in [7, 11) is 0. The van der Waals surface area contributed by atoms with Crippen molar-refractivity contribution in [1.82, 2.24) is 5.16 Å². The molecule has 0 spiro atoms. The molecule has 74 valence electrons. The largest absolute Gasteiger partial charge is 0.466 e. The topological polar surface area (TPSA) is 39.2 Å². The van der Waals surface area contributed by atoms with Crippen molar-refractivity contribution in [2.24, 2.45) is 0 Å². The van der Waals surface area contributed by atoms with Gasteiger partial charge in [-0.1, -0.05) is 5.16 Å². The molecule has 0 aromatic carbocycles. The average Bonchev–Trinajstić information content (AvgIpc) is 2.71. The SMILES string of the molecule is Cc1cc(-c2cc(CCl)no2)c(C)o1. The lowest BCUT2D eigenvalue weighted by Gasteiger charge is -1.88. The molecule has 14 heavy (non-hydrogen) atoms. The van der Waals surface area contributed by atoms with Gasteiger partial charge in [-0.25, -0.2) is 0 Å². The summed E-state index contributed by atoms with van der Waals surface area (Å²) in [5.41, 5.74) is 1.67. The third-order valence-electron chi connectivity index (χ3n) is 2.00. The van der Waals surface area contributed by atoms with Crippen LogP contribution in [0, 0.1) is 13.8 Å². The lowest BCUT2D eigenvalue weighted by atomic mass is 10.2. The molecule has 2 aromatic rings. The van der Waals surface area contributed by atoms with Gasteiger partial charge in [0.05, 0.1) is 17.1 Å². The minimum Gasteiger partial charge on any atom is -0.466 e. The van der Waals surface area contributed by atoms with E-state index in [1.807, 2.05) is 26.0 Å². The maximum absolute atomic E-state index is 5.63. The van der Waals surface area contributed by atoms with E-state index in [2.05, 4.69) is 5.16 Å². The van der Waals surface area contributed by atoms with Crippen LogP contribution in [0.4, 0.5) is 0 Å². The average molecular weight is 212 g/mol. The first-order valence-electron chi connectivity index (χ1n) is 4.29. The maximum Gasteiger partial charge on any atom is 0.170 e. The van der Waals surface area contributed by atoms with Gasteiger partial charge in [0.25, 0.3) is 0 Å². The van der Waals surface area contributed by atoms with Crippen LogP contribution < -0.4 is 0 Å². The number of hydrogen-bond donors (Lipinski definition) is 0. The van der Waals surface area contributed by atoms with Crippen molar-refractivity contribution < 1.29 is 8.94 Å². The molecule has 2 rings (SSSR count). The van der Waals surface area contributed by atoms with Crippen LogP contribution in [0.3, 0.4) is 0 Å². The lowest BCUT2D eigenvalue weighted by Crippen LogP contribution is -1.72. The summed E-state index contributed by atoms with van der Waals surface area (Å²) in [5.74, 6) is 2.76. The van der Waals surface area contributed by atoms with Crippen molar-refractivity contribution in [3.8, 4) is 11.3 Å². The molecular weight excluding hydrogens is 202 g/mol. The fraction of sp³-hybridized carbons (Fsp3) is 0.300. The Morgan fingerprint density at radius 1 is 1.36 bits per heavy atom. The second kappa shape index (κ2) is 3.50. The molecule has 2 heterocycles. The van der Waals surface area contributed by atoms with Crippen molar-refractivity contribution in [3.63, 3.8) is 0 Å². The highest BCUT2D eigenvalue weighted by atomic mass is 35.5. The van der Waals surface area contributed by atoms with Crippen LogP contribution in [0.5, 0.6) is 0 Å². The Labute approximate surface area is 86.6 Å². The van der Waals surface area contributed by atoms with Crippen molar-refractivity contribution in [2.45, 2.75) is 19.7 Å². The van der Waals surface area contributed by atoms with E-state index >= 15 is 0 Å². The first-order valence-corrected chi connectivity index (χ1v) is 4.83. The lowest BCUT2D eigenvalue weighted by molar-refractivity contribution is 0.424. The second-order valence-electron chi connectivity index (χ2n) is 3.14. The van der Waals surface area contributed by atoms with Gasteiger partial charge in [-0.15, -0.1) is 11.6 Å². The molecule has 0 unspecified atom stereocenters. The minimum absolute atomic E-state index is 0.360. The Hall–Kier alpha value is -1.22. The summed E-state index contributed by atoms with van der Waals surface area (Å²) in [4.78, 5) is 0. The molecule has 0 radical (unpaired) electrons. The number of aryl methyl sites for hydroxylation is 2. The highest BCUT2D eigenvalue weighted by molar-refractivity contribution is 6.16. The summed E-state index contributed by atoms with van der Waals surface area (Å²) in [6.07, 6.45) is 0. The van der Waals surface area contributed by atoms with Crippen LogP contribution in [0.15, 0.2) is 21.1 Å². The summed E-state index contributed by atoms with van der Waals surface area (Å²) in [6, 6.07) is 3.75. The molecule has 4 heteroatoms. The highest BCUT2D eigenvalue weighted by Gasteiger charge is 2.12. The van der Waals surface area contributed by atoms with E-state index < -0.39 is 0 Å². The number of alkyl halides is 1. The van der Waals surface area contributed by atoms with Gasteiger partial charge in [-0.3, -0.25) is 0 Å². The Morgan fingerprint density at radius 3 is 2.64 bits per heavy atom. The van der Waals surface area contributed by atoms with Crippen molar-refractivity contribution >= 4 is 11.6 Å². The third-order valence-corrected chi connectivity index (χ3v) is 2.28. The molecule has 0 saturated carbocycles. The van der Waals surface area contributed by atoms with Crippen molar-refractivity contribution in [2.75, 3.05) is 0 Å². The summed E-state index contributed by atoms with van der Waals surface area (Å²) < 4.78 is 10.5. The number of hydrogen-bond acceptors (Lipinski definition) is 3. The number of rotatable bonds is 2. The molecule has 3 nitrogen and oxygen atoms in total. The quantitative estimate of drug-likeness (QED) is 0.716. The zero-order chi connectivity index (χ0) is 10.1. The molecule has 0 amide bonds. The molecule has 0 aliphatic carbocycles. The van der Waals surface area contributed by atoms with Gasteiger partial charge < -0.3 is 8.94 Å². The summed E-state index contributed by atoms with van der Waals surface area (Å²) >= 11 is 5.63. The van der Waals surface area contributed by atoms with E-state index in [9.17, 15) is 0 Å². The van der Waals surface area contributed by atoms with Gasteiger partial charge in [-0.05, 0) is 19.9 Å². The van der Waals surface area contributed by atoms with Gasteiger partial charge in [0.15, 0.2) is 5.76 Å². The van der Waals surface area contributed by atoms with Gasteiger partial charge >= 0.3 is 0 Å². The Kier molecular flexibility index (Phi) is 2.33. The molecule has 2 aromatic heterocycles. The van der Waals surface area contributed by atoms with E-state index in [1.165, 1.54) is 0 Å². The van der Waals surface area contributed by atoms with E-state index in [0.717, 1.165) is 22.8 Å². The first kappa shape index (κ1) is 9.34. The second-order valence-corrected chi connectivity index (χ2v) is 3.41. The number of nitrogens with zero attached hydrogens (tertiary/aromatic N) is 1. The van der Waals surface area contributed by atoms with E-state index in [4.69, 9.17) is 20.5 Å². The number of halogens is 1. The van der Waals surface area contributed by atoms with Crippen molar-refractivity contribution in [3.05, 3.63) is 29.3 Å². The van der Waals surface area contributed by atoms with Gasteiger partial charge in [0.2, 0.25) is 0 Å². The van der Waals surface area contributed by atoms with Crippen LogP contribution in [-0.2, 0) is 5.88 Å². The zero-order valence-corrected chi connectivity index (χ0v) is 8.76. The molecule has 0 N–H and O–H groups in total. The van der Waals surface area contributed by atoms with E-state index in [0.29, 0.717) is 11.6 Å². The molecule has 0 fully saturated rings. The van der Waals surface area contributed by atoms with Gasteiger partial charge in [0.1, 0.15) is 11.5 Å². The van der Waals surface area contributed by atoms with Crippen LogP contribution in [-0.4, -0.2) is 5.16 Å². The zero-order valence-electron chi connectivity index (χ0n) is 8.00. The fourth-order valence-electron chi connectivity index (χ4n) is 1.38. The monoisotopic (exact) mass is 211 g/mol. The molecular formula is C10H10ClNO2. The molecule has 0 bridgehead atoms. The summed E-state index contributed by atoms with van der Waals surface area (Å²) in [6.45, 7) is 3.79. The molecule has 0 atom stereocenters. The smallest absolute Gasteiger partial charge is 0.170 e. The molecule has 0 aliphatic heterocycles. The normalized spacial score (nSPS) is 10.8. The minimum atomic E-state index is 0.360. The van der Waals surface area contributed by atoms with Gasteiger partial charge in [0, 0.05) is 6.07 Å². The van der Waals surface area contributed by atoms with E-state index in [1.54, 1.807) is 0 Å². The predicted octanol–water partition coefficient (Wildman–Crippen LogP) is 3.29. The standard InChI is InChI=1S/C10H10ClNO2/c1-6-3-9(7(2)13-6)10-4-8(5-11)12-14-10/h3-4H,5H2,1-2H3. The molecule has 0 aliphatic rings. The predicted molar refractivity (Wildman–Crippen MR) is 53.2 cm³/mol. The Balaban J connectivity index is 2.43. The Morgan fingerprint density at radius 2 is 2.14 bits per heavy atom. The van der Waals surface area contributed by atoms with Crippen molar-refractivity contribution in [1.29, 1.82) is 0 Å². The fourth-order valence-corrected chi connectivity index (χ4v) is 1.50. The molecule has 0 saturated heterocycles.